The number of benzene rings is 1. The summed E-state index contributed by atoms with van der Waals surface area (Å²) in [6.45, 7) is 0. The Morgan fingerprint density at radius 3 is 2.59 bits per heavy atom. The Hall–Kier alpha value is -3.38. The molecular formula is C15H9N5O5S2. The molecule has 3 rings (SSSR count). The van der Waals surface area contributed by atoms with Crippen molar-refractivity contribution in [3.05, 3.63) is 73.4 Å². The molecular weight excluding hydrogens is 394 g/mol. The minimum atomic E-state index is -0.781. The number of anilines is 1. The van der Waals surface area contributed by atoms with E-state index in [4.69, 9.17) is 12.2 Å². The first-order chi connectivity index (χ1) is 12.9. The Bertz CT molecular complexity index is 995. The number of carbonyl (C=O) groups is 1. The van der Waals surface area contributed by atoms with Gasteiger partial charge >= 0.3 is 5.69 Å². The van der Waals surface area contributed by atoms with E-state index in [0.29, 0.717) is 5.69 Å². The maximum atomic E-state index is 12.6. The number of hydrogen-bond acceptors (Lipinski definition) is 9. The van der Waals surface area contributed by atoms with Gasteiger partial charge < -0.3 is 0 Å². The predicted octanol–water partition coefficient (Wildman–Crippen LogP) is 3.13. The van der Waals surface area contributed by atoms with E-state index in [2.05, 4.69) is 10.4 Å². The first-order valence-electron chi connectivity index (χ1n) is 7.25. The van der Waals surface area contributed by atoms with E-state index in [-0.39, 0.29) is 14.9 Å². The fourth-order valence-corrected chi connectivity index (χ4v) is 3.32. The second kappa shape index (κ2) is 7.47. The molecule has 1 aromatic carbocycles. The molecule has 10 nitrogen and oxygen atoms in total. The van der Waals surface area contributed by atoms with Crippen LogP contribution in [0.2, 0.25) is 0 Å². The van der Waals surface area contributed by atoms with E-state index in [9.17, 15) is 25.0 Å². The van der Waals surface area contributed by atoms with E-state index in [1.807, 2.05) is 0 Å². The lowest BCUT2D eigenvalue weighted by atomic mass is 10.2. The van der Waals surface area contributed by atoms with Gasteiger partial charge in [-0.15, -0.1) is 0 Å². The highest BCUT2D eigenvalue weighted by molar-refractivity contribution is 8.26. The van der Waals surface area contributed by atoms with Crippen LogP contribution < -0.4 is 5.43 Å². The molecule has 0 bridgehead atoms. The smallest absolute Gasteiger partial charge is 0.283 e. The zero-order valence-electron chi connectivity index (χ0n) is 13.3. The topological polar surface area (TPSA) is 132 Å². The third-order valence-corrected chi connectivity index (χ3v) is 4.68. The number of non-ortho nitro benzene ring substituents is 1. The molecule has 1 saturated heterocycles. The molecule has 0 radical (unpaired) electrons. The summed E-state index contributed by atoms with van der Waals surface area (Å²) in [5, 5.41) is 23.0. The Morgan fingerprint density at radius 2 is 1.96 bits per heavy atom. The molecule has 1 N–H and O–H groups in total. The van der Waals surface area contributed by atoms with Gasteiger partial charge in [-0.3, -0.25) is 35.4 Å². The maximum absolute atomic E-state index is 12.6. The number of nitrogens with one attached hydrogen (secondary N) is 1. The minimum Gasteiger partial charge on any atom is -0.283 e. The summed E-state index contributed by atoms with van der Waals surface area (Å²) in [6.07, 6.45) is 3.12. The zero-order valence-corrected chi connectivity index (χ0v) is 14.9. The highest BCUT2D eigenvalue weighted by atomic mass is 32.2. The van der Waals surface area contributed by atoms with Gasteiger partial charge in [0.1, 0.15) is 5.69 Å². The molecule has 0 atom stereocenters. The molecule has 2 heterocycles. The third-order valence-electron chi connectivity index (χ3n) is 3.38. The van der Waals surface area contributed by atoms with Crippen LogP contribution in [0.1, 0.15) is 5.69 Å². The van der Waals surface area contributed by atoms with Crippen molar-refractivity contribution in [1.82, 2.24) is 9.99 Å². The molecule has 0 spiro atoms. The zero-order chi connectivity index (χ0) is 19.6. The molecule has 136 valence electrons. The third kappa shape index (κ3) is 3.91. The van der Waals surface area contributed by atoms with Crippen LogP contribution in [0.15, 0.2) is 47.5 Å². The van der Waals surface area contributed by atoms with Gasteiger partial charge in [-0.25, -0.2) is 5.01 Å². The molecule has 12 heteroatoms. The highest BCUT2D eigenvalue weighted by Gasteiger charge is 2.34. The fraction of sp³-hybridized carbons (Fsp3) is 0. The average Bonchev–Trinajstić information content (AvgIpc) is 2.90. The van der Waals surface area contributed by atoms with E-state index < -0.39 is 27.1 Å². The van der Waals surface area contributed by atoms with Crippen molar-refractivity contribution >= 4 is 57.3 Å². The first kappa shape index (κ1) is 18.4. The molecule has 27 heavy (non-hydrogen) atoms. The van der Waals surface area contributed by atoms with Crippen molar-refractivity contribution in [3.8, 4) is 0 Å². The van der Waals surface area contributed by atoms with Gasteiger partial charge in [0.05, 0.1) is 26.5 Å². The molecule has 1 aliphatic heterocycles. The van der Waals surface area contributed by atoms with Crippen LogP contribution in [-0.4, -0.2) is 30.1 Å². The van der Waals surface area contributed by atoms with Crippen LogP contribution in [0, 0.1) is 20.2 Å². The molecule has 0 aliphatic carbocycles. The van der Waals surface area contributed by atoms with Crippen LogP contribution in [0.4, 0.5) is 17.1 Å². The number of pyridine rings is 1. The average molecular weight is 403 g/mol. The lowest BCUT2D eigenvalue weighted by Gasteiger charge is -2.16. The molecule has 1 aromatic heterocycles. The number of nitro groups is 2. The fourth-order valence-electron chi connectivity index (χ4n) is 2.16. The van der Waals surface area contributed by atoms with Gasteiger partial charge in [-0.05, 0) is 36.5 Å². The number of aromatic nitrogens is 1. The highest BCUT2D eigenvalue weighted by Crippen LogP contribution is 2.35. The van der Waals surface area contributed by atoms with Gasteiger partial charge in [0.2, 0.25) is 0 Å². The lowest BCUT2D eigenvalue weighted by molar-refractivity contribution is -0.393. The molecule has 1 aliphatic rings. The van der Waals surface area contributed by atoms with Crippen LogP contribution in [0.3, 0.4) is 0 Å². The number of rotatable bonds is 5. The number of hydrogen-bond donors (Lipinski definition) is 1. The Morgan fingerprint density at radius 1 is 1.19 bits per heavy atom. The van der Waals surface area contributed by atoms with Crippen molar-refractivity contribution in [3.63, 3.8) is 0 Å². The van der Waals surface area contributed by atoms with Gasteiger partial charge in [-0.2, -0.15) is 0 Å². The Labute approximate surface area is 161 Å². The van der Waals surface area contributed by atoms with E-state index >= 15 is 0 Å². The number of amides is 1. The molecule has 1 fully saturated rings. The summed E-state index contributed by atoms with van der Waals surface area (Å²) >= 11 is 6.16. The van der Waals surface area contributed by atoms with Crippen molar-refractivity contribution in [2.24, 2.45) is 0 Å². The normalized spacial score (nSPS) is 15.3. The quantitative estimate of drug-likeness (QED) is 0.346. The first-order valence-corrected chi connectivity index (χ1v) is 8.48. The number of thiocarbonyl (C=S) groups is 1. The van der Waals surface area contributed by atoms with Gasteiger partial charge in [0.15, 0.2) is 4.32 Å². The molecule has 0 saturated carbocycles. The second-order valence-electron chi connectivity index (χ2n) is 5.10. The Balaban J connectivity index is 1.89. The SMILES string of the molecule is O=C1/C(=C\c2ccccn2)SC(=S)N1Nc1ccc([N+](=O)[O-])cc1[N+](=O)[O-]. The standard InChI is InChI=1S/C15H9N5O5S2/c21-14-13(7-9-3-1-2-6-16-9)27-15(26)18(14)17-11-5-4-10(19(22)23)8-12(11)20(24)25/h1-8,17H/b13-7+. The summed E-state index contributed by atoms with van der Waals surface area (Å²) in [5.74, 6) is -0.511. The van der Waals surface area contributed by atoms with Crippen LogP contribution in [0.25, 0.3) is 6.08 Å². The minimum absolute atomic E-state index is 0.0963. The van der Waals surface area contributed by atoms with Crippen molar-refractivity contribution < 1.29 is 14.6 Å². The molecule has 0 unspecified atom stereocenters. The number of hydrazine groups is 1. The largest absolute Gasteiger partial charge is 0.300 e. The van der Waals surface area contributed by atoms with E-state index in [1.165, 1.54) is 0 Å². The van der Waals surface area contributed by atoms with Crippen molar-refractivity contribution in [1.29, 1.82) is 0 Å². The van der Waals surface area contributed by atoms with E-state index in [1.54, 1.807) is 30.5 Å². The van der Waals surface area contributed by atoms with Crippen LogP contribution in [0.5, 0.6) is 0 Å². The van der Waals surface area contributed by atoms with Gasteiger partial charge in [0.25, 0.3) is 11.6 Å². The van der Waals surface area contributed by atoms with E-state index in [0.717, 1.165) is 35.0 Å². The second-order valence-corrected chi connectivity index (χ2v) is 6.77. The number of nitrogens with zero attached hydrogens (tertiary/aromatic N) is 4. The summed E-state index contributed by atoms with van der Waals surface area (Å²) in [7, 11) is 0. The van der Waals surface area contributed by atoms with Gasteiger partial charge in [0, 0.05) is 12.3 Å². The summed E-state index contributed by atoms with van der Waals surface area (Å²) in [4.78, 5) is 37.5. The summed E-state index contributed by atoms with van der Waals surface area (Å²) in [6, 6.07) is 8.26. The molecule has 2 aromatic rings. The predicted molar refractivity (Wildman–Crippen MR) is 103 cm³/mol. The summed E-state index contributed by atoms with van der Waals surface area (Å²) in [5.41, 5.74) is 2.04. The number of thioether (sulfide) groups is 1. The number of carbonyl (C=O) groups excluding carboxylic acids is 1. The summed E-state index contributed by atoms with van der Waals surface area (Å²) < 4.78 is 0.134. The van der Waals surface area contributed by atoms with Crippen LogP contribution in [-0.2, 0) is 4.79 Å². The molecule has 1 amide bonds. The van der Waals surface area contributed by atoms with Crippen molar-refractivity contribution in [2.45, 2.75) is 0 Å². The van der Waals surface area contributed by atoms with Crippen LogP contribution >= 0.6 is 24.0 Å². The lowest BCUT2D eigenvalue weighted by Crippen LogP contribution is -2.34. The maximum Gasteiger partial charge on any atom is 0.300 e. The Kier molecular flexibility index (Phi) is 5.09. The monoisotopic (exact) mass is 403 g/mol. The number of nitro benzene ring substituents is 2. The van der Waals surface area contributed by atoms with Crippen molar-refractivity contribution in [2.75, 3.05) is 5.43 Å². The van der Waals surface area contributed by atoms with Gasteiger partial charge in [-0.1, -0.05) is 17.8 Å².